The first-order chi connectivity index (χ1) is 12.1. The number of nitrogens with one attached hydrogen (secondary N) is 1. The number of nitrogens with two attached hydrogens (primary N) is 1. The second-order valence-corrected chi connectivity index (χ2v) is 6.00. The number of carbonyl (C=O) groups is 2. The minimum atomic E-state index is -0.549. The molecule has 0 aliphatic heterocycles. The van der Waals surface area contributed by atoms with Gasteiger partial charge in [0, 0.05) is 36.6 Å². The summed E-state index contributed by atoms with van der Waals surface area (Å²) in [6.45, 7) is 0.572. The summed E-state index contributed by atoms with van der Waals surface area (Å²) in [6.07, 6.45) is 8.00. The Bertz CT molecular complexity index is 914. The van der Waals surface area contributed by atoms with Crippen molar-refractivity contribution >= 4 is 34.4 Å². The second kappa shape index (κ2) is 7.54. The molecular formula is C17H15N5O2S. The van der Waals surface area contributed by atoms with Crippen LogP contribution in [-0.2, 0) is 11.3 Å². The van der Waals surface area contributed by atoms with Gasteiger partial charge in [-0.3, -0.25) is 19.9 Å². The lowest BCUT2D eigenvalue weighted by Gasteiger charge is -2.08. The predicted octanol–water partition coefficient (Wildman–Crippen LogP) is 2.14. The summed E-state index contributed by atoms with van der Waals surface area (Å²) in [5.74, 6) is -0.800. The van der Waals surface area contributed by atoms with Crippen molar-refractivity contribution < 1.29 is 9.59 Å². The summed E-state index contributed by atoms with van der Waals surface area (Å²) in [5, 5.41) is 4.94. The van der Waals surface area contributed by atoms with Crippen LogP contribution in [0.2, 0.25) is 0 Å². The van der Waals surface area contributed by atoms with Gasteiger partial charge in [-0.25, -0.2) is 4.98 Å². The van der Waals surface area contributed by atoms with Gasteiger partial charge < -0.3 is 10.3 Å². The van der Waals surface area contributed by atoms with Crippen molar-refractivity contribution in [3.05, 3.63) is 71.3 Å². The van der Waals surface area contributed by atoms with E-state index in [0.29, 0.717) is 23.1 Å². The van der Waals surface area contributed by atoms with Crippen LogP contribution in [0.1, 0.15) is 21.7 Å². The number of nitrogens with zero attached hydrogens (tertiary/aromatic N) is 3. The van der Waals surface area contributed by atoms with Gasteiger partial charge in [-0.1, -0.05) is 0 Å². The van der Waals surface area contributed by atoms with Crippen LogP contribution in [0.15, 0.2) is 54.3 Å². The van der Waals surface area contributed by atoms with Gasteiger partial charge in [-0.15, -0.1) is 11.3 Å². The summed E-state index contributed by atoms with van der Waals surface area (Å²) in [4.78, 5) is 31.4. The van der Waals surface area contributed by atoms with Crippen LogP contribution in [-0.4, -0.2) is 26.3 Å². The summed E-state index contributed by atoms with van der Waals surface area (Å²) >= 11 is 1.27. The van der Waals surface area contributed by atoms with Crippen LogP contribution < -0.4 is 11.1 Å². The quantitative estimate of drug-likeness (QED) is 0.663. The number of hydrogen-bond acceptors (Lipinski definition) is 5. The van der Waals surface area contributed by atoms with Gasteiger partial charge in [0.2, 0.25) is 5.91 Å². The molecule has 0 aliphatic carbocycles. The smallest absolute Gasteiger partial charge is 0.274 e. The first kappa shape index (κ1) is 16.6. The molecule has 0 aliphatic rings. The van der Waals surface area contributed by atoms with Gasteiger partial charge in [0.05, 0.1) is 5.69 Å². The Morgan fingerprint density at radius 1 is 1.28 bits per heavy atom. The van der Waals surface area contributed by atoms with E-state index in [2.05, 4.69) is 15.3 Å². The van der Waals surface area contributed by atoms with Crippen LogP contribution >= 0.6 is 11.3 Å². The average Bonchev–Trinajstić information content (AvgIpc) is 3.23. The first-order valence-corrected chi connectivity index (χ1v) is 8.28. The highest BCUT2D eigenvalue weighted by atomic mass is 32.1. The summed E-state index contributed by atoms with van der Waals surface area (Å²) in [6, 6.07) is 7.37. The fourth-order valence-electron chi connectivity index (χ4n) is 2.19. The Morgan fingerprint density at radius 2 is 2.08 bits per heavy atom. The minimum absolute atomic E-state index is 0.251. The Hall–Kier alpha value is -3.26. The van der Waals surface area contributed by atoms with Crippen LogP contribution in [0.4, 0.5) is 5.13 Å². The molecular weight excluding hydrogens is 338 g/mol. The molecule has 0 saturated carbocycles. The number of pyridine rings is 1. The van der Waals surface area contributed by atoms with Crippen molar-refractivity contribution in [3.63, 3.8) is 0 Å². The lowest BCUT2D eigenvalue weighted by Crippen LogP contribution is -2.17. The van der Waals surface area contributed by atoms with Gasteiger partial charge in [-0.2, -0.15) is 0 Å². The van der Waals surface area contributed by atoms with Crippen molar-refractivity contribution in [1.29, 1.82) is 0 Å². The van der Waals surface area contributed by atoms with E-state index in [-0.39, 0.29) is 5.91 Å². The molecule has 3 aromatic heterocycles. The lowest BCUT2D eigenvalue weighted by atomic mass is 10.2. The van der Waals surface area contributed by atoms with Crippen LogP contribution in [0.3, 0.4) is 0 Å². The van der Waals surface area contributed by atoms with Crippen molar-refractivity contribution in [2.24, 2.45) is 5.73 Å². The van der Waals surface area contributed by atoms with Gasteiger partial charge in [0.15, 0.2) is 5.13 Å². The van der Waals surface area contributed by atoms with Gasteiger partial charge in [0.25, 0.3) is 5.91 Å². The van der Waals surface area contributed by atoms with E-state index in [1.165, 1.54) is 23.5 Å². The first-order valence-electron chi connectivity index (χ1n) is 7.40. The number of amides is 2. The second-order valence-electron chi connectivity index (χ2n) is 5.14. The maximum absolute atomic E-state index is 12.5. The lowest BCUT2D eigenvalue weighted by molar-refractivity contribution is -0.113. The SMILES string of the molecule is NC(=O)/C=C/c1csc(NC(=O)c2cccn2Cc2ccncc2)n1. The summed E-state index contributed by atoms with van der Waals surface area (Å²) in [5.41, 5.74) is 7.19. The molecule has 7 nitrogen and oxygen atoms in total. The molecule has 0 spiro atoms. The topological polar surface area (TPSA) is 103 Å². The van der Waals surface area contributed by atoms with Gasteiger partial charge in [0.1, 0.15) is 5.69 Å². The molecule has 0 unspecified atom stereocenters. The maximum atomic E-state index is 12.5. The molecule has 0 radical (unpaired) electrons. The molecule has 0 aromatic carbocycles. The fourth-order valence-corrected chi connectivity index (χ4v) is 2.87. The van der Waals surface area contributed by atoms with E-state index < -0.39 is 5.91 Å². The zero-order chi connectivity index (χ0) is 17.6. The van der Waals surface area contributed by atoms with E-state index >= 15 is 0 Å². The highest BCUT2D eigenvalue weighted by Gasteiger charge is 2.13. The molecule has 0 atom stereocenters. The largest absolute Gasteiger partial charge is 0.366 e. The van der Waals surface area contributed by atoms with E-state index in [1.54, 1.807) is 23.8 Å². The summed E-state index contributed by atoms with van der Waals surface area (Å²) < 4.78 is 1.85. The molecule has 0 bridgehead atoms. The molecule has 3 heterocycles. The highest BCUT2D eigenvalue weighted by molar-refractivity contribution is 7.14. The molecule has 3 aromatic rings. The van der Waals surface area contributed by atoms with E-state index in [1.807, 2.05) is 29.0 Å². The van der Waals surface area contributed by atoms with E-state index in [0.717, 1.165) is 5.56 Å². The number of hydrogen-bond donors (Lipinski definition) is 2. The number of anilines is 1. The molecule has 8 heteroatoms. The number of thiazole rings is 1. The number of carbonyl (C=O) groups excluding carboxylic acids is 2. The van der Waals surface area contributed by atoms with Crippen LogP contribution in [0.5, 0.6) is 0 Å². The van der Waals surface area contributed by atoms with Gasteiger partial charge >= 0.3 is 0 Å². The number of primary amides is 1. The molecule has 3 rings (SSSR count). The minimum Gasteiger partial charge on any atom is -0.366 e. The number of aromatic nitrogens is 3. The zero-order valence-electron chi connectivity index (χ0n) is 13.1. The summed E-state index contributed by atoms with van der Waals surface area (Å²) in [7, 11) is 0. The van der Waals surface area contributed by atoms with Crippen molar-refractivity contribution in [1.82, 2.24) is 14.5 Å². The molecule has 0 fully saturated rings. The average molecular weight is 353 g/mol. The molecule has 2 amide bonds. The highest BCUT2D eigenvalue weighted by Crippen LogP contribution is 2.18. The molecule has 3 N–H and O–H groups in total. The van der Waals surface area contributed by atoms with Crippen molar-refractivity contribution in [3.8, 4) is 0 Å². The molecule has 126 valence electrons. The third-order valence-corrected chi connectivity index (χ3v) is 4.10. The van der Waals surface area contributed by atoms with Crippen LogP contribution in [0.25, 0.3) is 6.08 Å². The van der Waals surface area contributed by atoms with E-state index in [4.69, 9.17) is 5.73 Å². The molecule has 25 heavy (non-hydrogen) atoms. The normalized spacial score (nSPS) is 10.9. The number of rotatable bonds is 6. The third-order valence-electron chi connectivity index (χ3n) is 3.33. The Kier molecular flexibility index (Phi) is 5.00. The zero-order valence-corrected chi connectivity index (χ0v) is 13.9. The monoisotopic (exact) mass is 353 g/mol. The standard InChI is InChI=1S/C17H15N5O2S/c18-15(23)4-3-13-11-25-17(20-13)21-16(24)14-2-1-9-22(14)10-12-5-7-19-8-6-12/h1-9,11H,10H2,(H2,18,23)(H,20,21,24)/b4-3+. The maximum Gasteiger partial charge on any atom is 0.274 e. The van der Waals surface area contributed by atoms with Crippen LogP contribution in [0, 0.1) is 0 Å². The van der Waals surface area contributed by atoms with Crippen molar-refractivity contribution in [2.75, 3.05) is 5.32 Å². The van der Waals surface area contributed by atoms with E-state index in [9.17, 15) is 9.59 Å². The fraction of sp³-hybridized carbons (Fsp3) is 0.0588. The predicted molar refractivity (Wildman–Crippen MR) is 96.1 cm³/mol. The van der Waals surface area contributed by atoms with Crippen molar-refractivity contribution in [2.45, 2.75) is 6.54 Å². The molecule has 0 saturated heterocycles. The third kappa shape index (κ3) is 4.39. The Labute approximate surface area is 147 Å². The Balaban J connectivity index is 1.70. The van der Waals surface area contributed by atoms with Gasteiger partial charge in [-0.05, 0) is 35.9 Å². The Morgan fingerprint density at radius 3 is 2.84 bits per heavy atom.